The second-order valence-corrected chi connectivity index (χ2v) is 9.63. The van der Waals surface area contributed by atoms with Crippen LogP contribution in [0.25, 0.3) is 11.0 Å². The lowest BCUT2D eigenvalue weighted by Gasteiger charge is -2.33. The van der Waals surface area contributed by atoms with Gasteiger partial charge in [0.05, 0.1) is 26.5 Å². The summed E-state index contributed by atoms with van der Waals surface area (Å²) in [6.07, 6.45) is 2.64. The third-order valence-electron chi connectivity index (χ3n) is 6.99. The highest BCUT2D eigenvalue weighted by Gasteiger charge is 2.29. The summed E-state index contributed by atoms with van der Waals surface area (Å²) in [4.78, 5) is 33.0. The van der Waals surface area contributed by atoms with Gasteiger partial charge < -0.3 is 19.9 Å². The Labute approximate surface area is 226 Å². The molecule has 2 aromatic heterocycles. The Balaban J connectivity index is 1.68. The van der Waals surface area contributed by atoms with Gasteiger partial charge in [-0.05, 0) is 31.0 Å². The van der Waals surface area contributed by atoms with Gasteiger partial charge in [0.1, 0.15) is 40.1 Å². The number of hydrogen-bond acceptors (Lipinski definition) is 7. The molecule has 12 heteroatoms. The molecule has 0 aliphatic carbocycles. The van der Waals surface area contributed by atoms with Crippen molar-refractivity contribution in [3.63, 3.8) is 0 Å². The average Bonchev–Trinajstić information content (AvgIpc) is 3.26. The Morgan fingerprint density at radius 1 is 1.20 bits per heavy atom. The molecule has 2 aromatic carbocycles. The highest BCUT2D eigenvalue weighted by Crippen LogP contribution is 2.33. The van der Waals surface area contributed by atoms with Gasteiger partial charge in [-0.25, -0.2) is 18.2 Å². The lowest BCUT2D eigenvalue weighted by molar-refractivity contribution is 0.0970. The average molecular weight is 551 g/mol. The number of benzene rings is 2. The molecule has 9 nitrogen and oxygen atoms in total. The van der Waals surface area contributed by atoms with Gasteiger partial charge in [-0.15, -0.1) is 0 Å². The van der Waals surface area contributed by atoms with Gasteiger partial charge in [0, 0.05) is 36.3 Å². The zero-order valence-electron chi connectivity index (χ0n) is 21.5. The fourth-order valence-corrected chi connectivity index (χ4v) is 5.05. The number of fused-ring (bicyclic) bond motifs is 1. The van der Waals surface area contributed by atoms with E-state index in [2.05, 4.69) is 11.1 Å². The number of rotatable bonds is 7. The molecule has 206 valence electrons. The number of methoxy groups -OCH3 is 1. The van der Waals surface area contributed by atoms with Crippen LogP contribution in [0.15, 0.2) is 47.5 Å². The molecule has 3 heterocycles. The summed E-state index contributed by atoms with van der Waals surface area (Å²) in [7, 11) is 1.47. The number of nitrogens with two attached hydrogens (primary N) is 1. The summed E-state index contributed by atoms with van der Waals surface area (Å²) >= 11 is 0. The molecule has 1 unspecified atom stereocenters. The van der Waals surface area contributed by atoms with Gasteiger partial charge in [-0.1, -0.05) is 12.1 Å². The van der Waals surface area contributed by atoms with Crippen molar-refractivity contribution in [1.29, 1.82) is 5.26 Å². The van der Waals surface area contributed by atoms with E-state index in [4.69, 9.17) is 10.5 Å². The highest BCUT2D eigenvalue weighted by molar-refractivity contribution is 5.96. The molecule has 0 radical (unpaired) electrons. The van der Waals surface area contributed by atoms with Crippen LogP contribution in [0.1, 0.15) is 34.3 Å². The smallest absolute Gasteiger partial charge is 0.278 e. The van der Waals surface area contributed by atoms with Crippen LogP contribution in [0.2, 0.25) is 0 Å². The van der Waals surface area contributed by atoms with Crippen molar-refractivity contribution in [2.24, 2.45) is 5.73 Å². The maximum absolute atomic E-state index is 14.8. The Morgan fingerprint density at radius 2 is 1.98 bits per heavy atom. The Morgan fingerprint density at radius 3 is 2.70 bits per heavy atom. The fourth-order valence-electron chi connectivity index (χ4n) is 5.05. The van der Waals surface area contributed by atoms with Crippen LogP contribution in [0.3, 0.4) is 0 Å². The molecule has 1 atom stereocenters. The van der Waals surface area contributed by atoms with E-state index < -0.39 is 35.3 Å². The van der Waals surface area contributed by atoms with Crippen LogP contribution >= 0.6 is 0 Å². The number of nitriles is 1. The van der Waals surface area contributed by atoms with Crippen LogP contribution in [0.4, 0.5) is 19.0 Å². The number of piperidine rings is 1. The highest BCUT2D eigenvalue weighted by atomic mass is 19.2. The first-order valence-corrected chi connectivity index (χ1v) is 12.5. The molecule has 1 aliphatic rings. The van der Waals surface area contributed by atoms with Crippen LogP contribution < -0.4 is 20.9 Å². The molecule has 5 rings (SSSR count). The van der Waals surface area contributed by atoms with Crippen LogP contribution in [0, 0.1) is 28.8 Å². The predicted molar refractivity (Wildman–Crippen MR) is 141 cm³/mol. The number of carbonyl (C=O) groups excluding carboxylic acids is 1. The third-order valence-corrected chi connectivity index (χ3v) is 6.99. The molecule has 1 fully saturated rings. The van der Waals surface area contributed by atoms with E-state index in [0.717, 1.165) is 17.1 Å². The number of ether oxygens (including phenoxy) is 1. The maximum atomic E-state index is 14.8. The summed E-state index contributed by atoms with van der Waals surface area (Å²) in [5.41, 5.74) is 5.65. The Bertz CT molecular complexity index is 1730. The number of nitrogens with zero attached hydrogens (tertiary/aromatic N) is 5. The lowest BCUT2D eigenvalue weighted by Crippen LogP contribution is -2.44. The second kappa shape index (κ2) is 10.9. The molecule has 0 saturated carbocycles. The van der Waals surface area contributed by atoms with E-state index in [9.17, 15) is 28.0 Å². The number of carbonyl (C=O) groups is 1. The van der Waals surface area contributed by atoms with Gasteiger partial charge in [0.25, 0.3) is 5.56 Å². The van der Waals surface area contributed by atoms with Gasteiger partial charge in [-0.3, -0.25) is 14.2 Å². The minimum absolute atomic E-state index is 0.0507. The first-order valence-electron chi connectivity index (χ1n) is 12.5. The van der Waals surface area contributed by atoms with E-state index in [1.807, 2.05) is 4.90 Å². The van der Waals surface area contributed by atoms with E-state index >= 15 is 0 Å². The summed E-state index contributed by atoms with van der Waals surface area (Å²) in [5.74, 6) is -3.27. The van der Waals surface area contributed by atoms with Crippen molar-refractivity contribution in [2.45, 2.75) is 32.0 Å². The molecule has 1 aliphatic heterocycles. The van der Waals surface area contributed by atoms with Gasteiger partial charge >= 0.3 is 0 Å². The maximum Gasteiger partial charge on any atom is 0.278 e. The van der Waals surface area contributed by atoms with Gasteiger partial charge in [-0.2, -0.15) is 5.26 Å². The summed E-state index contributed by atoms with van der Waals surface area (Å²) in [6, 6.07) is 9.48. The van der Waals surface area contributed by atoms with Crippen LogP contribution in [-0.4, -0.2) is 46.1 Å². The number of Topliss-reactive ketones (excluding diaryl/α,β-unsaturated/α-hetero) is 1. The standard InChI is InChI=1S/C28H25F3N6O3/c1-40-19-6-2-4-16(8-19)24(38)14-36-15-34-25-20(11-32)27(35-7-3-5-18(33)13-35)37(26(25)28(36)39)12-17-9-22(30)23(31)10-21(17)29/h2,4,6,8-10,15,18H,3,5,7,12-14,33H2,1H3. The number of halogens is 3. The zero-order chi connectivity index (χ0) is 28.6. The summed E-state index contributed by atoms with van der Waals surface area (Å²) < 4.78 is 50.2. The van der Waals surface area contributed by atoms with E-state index in [1.165, 1.54) is 18.0 Å². The minimum atomic E-state index is -1.35. The molecular weight excluding hydrogens is 525 g/mol. The SMILES string of the molecule is COc1cccc(C(=O)Cn2cnc3c(C#N)c(N4CCCC(N)C4)n(Cc4cc(F)c(F)cc4F)c3c2=O)c1. The number of ketones is 1. The first kappa shape index (κ1) is 27.0. The van der Waals surface area contributed by atoms with Crippen molar-refractivity contribution in [2.75, 3.05) is 25.1 Å². The Hall–Kier alpha value is -4.63. The minimum Gasteiger partial charge on any atom is -0.497 e. The first-order chi connectivity index (χ1) is 19.2. The normalized spacial score (nSPS) is 15.3. The summed E-state index contributed by atoms with van der Waals surface area (Å²) in [6.45, 7) is 0.0910. The summed E-state index contributed by atoms with van der Waals surface area (Å²) in [5, 5.41) is 10.1. The lowest BCUT2D eigenvalue weighted by atomic mass is 10.1. The van der Waals surface area contributed by atoms with Gasteiger partial charge in [0.2, 0.25) is 0 Å². The van der Waals surface area contributed by atoms with Crippen molar-refractivity contribution >= 4 is 22.6 Å². The van der Waals surface area contributed by atoms with Crippen molar-refractivity contribution in [3.8, 4) is 11.8 Å². The molecule has 0 bridgehead atoms. The number of anilines is 1. The molecular formula is C28H25F3N6O3. The second-order valence-electron chi connectivity index (χ2n) is 9.63. The van der Waals surface area contributed by atoms with Crippen LogP contribution in [-0.2, 0) is 13.1 Å². The largest absolute Gasteiger partial charge is 0.497 e. The van der Waals surface area contributed by atoms with E-state index in [0.29, 0.717) is 36.9 Å². The van der Waals surface area contributed by atoms with Crippen molar-refractivity contribution < 1.29 is 22.7 Å². The number of hydrogen-bond donors (Lipinski definition) is 1. The third kappa shape index (κ3) is 4.91. The topological polar surface area (TPSA) is 119 Å². The predicted octanol–water partition coefficient (Wildman–Crippen LogP) is 3.35. The molecule has 40 heavy (non-hydrogen) atoms. The quantitative estimate of drug-likeness (QED) is 0.277. The molecule has 1 saturated heterocycles. The molecule has 0 amide bonds. The monoisotopic (exact) mass is 550 g/mol. The van der Waals surface area contributed by atoms with Crippen molar-refractivity contribution in [3.05, 3.63) is 87.2 Å². The van der Waals surface area contributed by atoms with E-state index in [1.54, 1.807) is 24.3 Å². The van der Waals surface area contributed by atoms with Crippen LogP contribution in [0.5, 0.6) is 5.75 Å². The van der Waals surface area contributed by atoms with E-state index in [-0.39, 0.29) is 40.6 Å². The number of aromatic nitrogens is 3. The molecule has 0 spiro atoms. The Kier molecular flexibility index (Phi) is 7.32. The zero-order valence-corrected chi connectivity index (χ0v) is 21.5. The molecule has 4 aromatic rings. The fraction of sp³-hybridized carbons (Fsp3) is 0.286. The van der Waals surface area contributed by atoms with Gasteiger partial charge in [0.15, 0.2) is 17.4 Å². The van der Waals surface area contributed by atoms with Crippen molar-refractivity contribution in [1.82, 2.24) is 14.1 Å². The molecule has 2 N–H and O–H groups in total.